The Labute approximate surface area is 196 Å². The van der Waals surface area contributed by atoms with Crippen molar-refractivity contribution in [3.8, 4) is 22.6 Å². The number of nitrogens with zero attached hydrogens (tertiary/aromatic N) is 2. The molecule has 1 fully saturated rings. The van der Waals surface area contributed by atoms with Gasteiger partial charge in [-0.1, -0.05) is 5.16 Å². The van der Waals surface area contributed by atoms with Gasteiger partial charge in [-0.15, -0.1) is 11.3 Å². The molecule has 11 heteroatoms. The number of carbonyl (C=O) groups excluding carboxylic acids is 2. The van der Waals surface area contributed by atoms with Gasteiger partial charge in [0.25, 0.3) is 0 Å². The van der Waals surface area contributed by atoms with E-state index in [1.54, 1.807) is 6.07 Å². The molecular formula is C23H20F3N3O4S. The number of carbonyl (C=O) groups is 2. The van der Waals surface area contributed by atoms with E-state index >= 15 is 0 Å². The molecule has 34 heavy (non-hydrogen) atoms. The van der Waals surface area contributed by atoms with Crippen LogP contribution in [0.4, 0.5) is 23.7 Å². The number of aromatic nitrogens is 1. The minimum atomic E-state index is -4.40. The van der Waals surface area contributed by atoms with Crippen LogP contribution in [0.15, 0.2) is 34.2 Å². The molecule has 2 amide bonds. The van der Waals surface area contributed by atoms with Gasteiger partial charge in [0.2, 0.25) is 5.91 Å². The Kier molecular flexibility index (Phi) is 5.59. The van der Waals surface area contributed by atoms with Crippen molar-refractivity contribution >= 4 is 29.0 Å². The van der Waals surface area contributed by atoms with Gasteiger partial charge >= 0.3 is 12.3 Å². The molecule has 178 valence electrons. The van der Waals surface area contributed by atoms with E-state index in [0.29, 0.717) is 53.4 Å². The molecule has 0 saturated carbocycles. The molecule has 2 aliphatic rings. The summed E-state index contributed by atoms with van der Waals surface area (Å²) in [5, 5.41) is 8.21. The number of thiophene rings is 1. The number of aryl methyl sites for hydroxylation is 1. The van der Waals surface area contributed by atoms with Crippen LogP contribution in [0.3, 0.4) is 0 Å². The Bertz CT molecular complexity index is 1270. The van der Waals surface area contributed by atoms with E-state index in [2.05, 4.69) is 10.5 Å². The first kappa shape index (κ1) is 22.5. The maximum atomic E-state index is 13.1. The summed E-state index contributed by atoms with van der Waals surface area (Å²) in [6.45, 7) is 1.96. The molecule has 5 rings (SSSR count). The topological polar surface area (TPSA) is 84.7 Å². The number of benzene rings is 1. The molecule has 1 aliphatic heterocycles. The van der Waals surface area contributed by atoms with Crippen molar-refractivity contribution in [2.45, 2.75) is 38.5 Å². The fourth-order valence-electron chi connectivity index (χ4n) is 4.32. The van der Waals surface area contributed by atoms with E-state index < -0.39 is 23.3 Å². The van der Waals surface area contributed by atoms with Crippen LogP contribution in [0, 0.1) is 0 Å². The number of anilines is 1. The van der Waals surface area contributed by atoms with Gasteiger partial charge in [0.15, 0.2) is 5.76 Å². The maximum absolute atomic E-state index is 13.1. The fraction of sp³-hybridized carbons (Fsp3) is 0.348. The average Bonchev–Trinajstić information content (AvgIpc) is 3.48. The summed E-state index contributed by atoms with van der Waals surface area (Å²) in [7, 11) is 0. The van der Waals surface area contributed by atoms with Crippen molar-refractivity contribution in [2.75, 3.05) is 18.0 Å². The summed E-state index contributed by atoms with van der Waals surface area (Å²) in [6, 6.07) is 6.63. The van der Waals surface area contributed by atoms with Crippen LogP contribution in [0.2, 0.25) is 0 Å². The lowest BCUT2D eigenvalue weighted by molar-refractivity contribution is -0.134. The molecule has 3 heterocycles. The van der Waals surface area contributed by atoms with E-state index in [4.69, 9.17) is 9.26 Å². The van der Waals surface area contributed by atoms with Gasteiger partial charge in [-0.2, -0.15) is 13.2 Å². The van der Waals surface area contributed by atoms with Crippen LogP contribution in [0.25, 0.3) is 22.6 Å². The normalized spacial score (nSPS) is 17.7. The zero-order valence-electron chi connectivity index (χ0n) is 18.1. The summed E-state index contributed by atoms with van der Waals surface area (Å²) in [5.41, 5.74) is 4.05. The summed E-state index contributed by atoms with van der Waals surface area (Å²) < 4.78 is 50.1. The van der Waals surface area contributed by atoms with E-state index in [-0.39, 0.29) is 12.5 Å². The zero-order valence-corrected chi connectivity index (χ0v) is 18.9. The van der Waals surface area contributed by atoms with Crippen molar-refractivity contribution in [2.24, 2.45) is 0 Å². The minimum Gasteiger partial charge on any atom is -0.442 e. The van der Waals surface area contributed by atoms with Crippen LogP contribution in [0.5, 0.6) is 0 Å². The first-order chi connectivity index (χ1) is 16.2. The van der Waals surface area contributed by atoms with Crippen LogP contribution in [-0.4, -0.2) is 36.4 Å². The predicted octanol–water partition coefficient (Wildman–Crippen LogP) is 5.04. The summed E-state index contributed by atoms with van der Waals surface area (Å²) in [5.74, 6) is 0.347. The number of halogens is 3. The standard InChI is InChI=1S/C23H20F3N3O4S/c1-12(30)27-9-16-10-29(22(31)32-16)15-5-6-17-13(7-15)3-2-4-18-20(28-33-21(17)18)14-8-19(34-11-14)23(24,25)26/h5-8,11,16H,2-4,9-10H2,1H3,(H,27,30)/t16-/m0/s1. The lowest BCUT2D eigenvalue weighted by Crippen LogP contribution is -2.33. The van der Waals surface area contributed by atoms with Gasteiger partial charge in [-0.05, 0) is 49.1 Å². The van der Waals surface area contributed by atoms with Gasteiger partial charge in [-0.25, -0.2) is 4.79 Å². The van der Waals surface area contributed by atoms with Gasteiger partial charge in [0.05, 0.1) is 13.1 Å². The Hall–Kier alpha value is -3.34. The first-order valence-corrected chi connectivity index (χ1v) is 11.6. The molecule has 0 bridgehead atoms. The summed E-state index contributed by atoms with van der Waals surface area (Å²) in [6.07, 6.45) is -3.24. The minimum absolute atomic E-state index is 0.196. The Balaban J connectivity index is 1.42. The van der Waals surface area contributed by atoms with Crippen LogP contribution in [-0.2, 0) is 28.5 Å². The van der Waals surface area contributed by atoms with Crippen LogP contribution in [0.1, 0.15) is 29.3 Å². The number of rotatable bonds is 4. The number of alkyl halides is 3. The third kappa shape index (κ3) is 4.15. The van der Waals surface area contributed by atoms with Crippen LogP contribution >= 0.6 is 11.3 Å². The van der Waals surface area contributed by atoms with Crippen molar-refractivity contribution in [1.29, 1.82) is 0 Å². The molecule has 1 atom stereocenters. The van der Waals surface area contributed by atoms with E-state index in [1.165, 1.54) is 17.2 Å². The highest BCUT2D eigenvalue weighted by molar-refractivity contribution is 7.10. The van der Waals surface area contributed by atoms with Crippen molar-refractivity contribution in [3.63, 3.8) is 0 Å². The first-order valence-electron chi connectivity index (χ1n) is 10.7. The largest absolute Gasteiger partial charge is 0.442 e. The number of amides is 2. The van der Waals surface area contributed by atoms with Gasteiger partial charge in [0.1, 0.15) is 16.7 Å². The van der Waals surface area contributed by atoms with Crippen molar-refractivity contribution < 1.29 is 32.0 Å². The average molecular weight is 491 g/mol. The Morgan fingerprint density at radius 2 is 2.12 bits per heavy atom. The molecular weight excluding hydrogens is 471 g/mol. The summed E-state index contributed by atoms with van der Waals surface area (Å²) in [4.78, 5) is 24.4. The second kappa shape index (κ2) is 8.46. The molecule has 7 nitrogen and oxygen atoms in total. The number of nitrogens with one attached hydrogen (secondary N) is 1. The van der Waals surface area contributed by atoms with E-state index in [9.17, 15) is 22.8 Å². The zero-order chi connectivity index (χ0) is 24.0. The third-order valence-electron chi connectivity index (χ3n) is 5.91. The second-order valence-electron chi connectivity index (χ2n) is 8.28. The molecule has 1 aromatic carbocycles. The van der Waals surface area contributed by atoms with Gasteiger partial charge < -0.3 is 14.6 Å². The molecule has 0 radical (unpaired) electrons. The maximum Gasteiger partial charge on any atom is 0.425 e. The van der Waals surface area contributed by atoms with Gasteiger partial charge in [-0.3, -0.25) is 9.69 Å². The lowest BCUT2D eigenvalue weighted by Gasteiger charge is -2.15. The number of cyclic esters (lactones) is 1. The highest BCUT2D eigenvalue weighted by Crippen LogP contribution is 2.42. The smallest absolute Gasteiger partial charge is 0.425 e. The number of hydrogen-bond donors (Lipinski definition) is 1. The lowest BCUT2D eigenvalue weighted by atomic mass is 10.0. The number of fused-ring (bicyclic) bond motifs is 3. The molecule has 1 aliphatic carbocycles. The number of ether oxygens (including phenoxy) is 1. The molecule has 1 N–H and O–H groups in total. The predicted molar refractivity (Wildman–Crippen MR) is 119 cm³/mol. The SMILES string of the molecule is CC(=O)NC[C@H]1CN(c2ccc3c(c2)CCCc2c(-c4csc(C(F)(F)F)c4)noc2-3)C(=O)O1. The monoisotopic (exact) mass is 491 g/mol. The van der Waals surface area contributed by atoms with Gasteiger partial charge in [0, 0.05) is 34.7 Å². The van der Waals surface area contributed by atoms with E-state index in [1.807, 2.05) is 12.1 Å². The molecule has 2 aromatic heterocycles. The highest BCUT2D eigenvalue weighted by Gasteiger charge is 2.35. The van der Waals surface area contributed by atoms with E-state index in [0.717, 1.165) is 29.2 Å². The molecule has 1 saturated heterocycles. The Morgan fingerprint density at radius 1 is 1.29 bits per heavy atom. The number of hydrogen-bond acceptors (Lipinski definition) is 6. The van der Waals surface area contributed by atoms with Crippen LogP contribution < -0.4 is 10.2 Å². The molecule has 0 unspecified atom stereocenters. The Morgan fingerprint density at radius 3 is 2.85 bits per heavy atom. The second-order valence-corrected chi connectivity index (χ2v) is 9.20. The summed E-state index contributed by atoms with van der Waals surface area (Å²) >= 11 is 0.638. The quantitative estimate of drug-likeness (QED) is 0.553. The highest BCUT2D eigenvalue weighted by atomic mass is 32.1. The third-order valence-corrected chi connectivity index (χ3v) is 6.89. The fourth-order valence-corrected chi connectivity index (χ4v) is 5.08. The van der Waals surface area contributed by atoms with Crippen molar-refractivity contribution in [3.05, 3.63) is 45.6 Å². The molecule has 3 aromatic rings. The molecule has 0 spiro atoms. The van der Waals surface area contributed by atoms with Crippen molar-refractivity contribution in [1.82, 2.24) is 10.5 Å².